The van der Waals surface area contributed by atoms with Crippen molar-refractivity contribution in [1.82, 2.24) is 25.2 Å². The van der Waals surface area contributed by atoms with E-state index in [0.717, 1.165) is 31.0 Å². The van der Waals surface area contributed by atoms with Crippen molar-refractivity contribution in [2.75, 3.05) is 6.54 Å². The average Bonchev–Trinajstić information content (AvgIpc) is 3.17. The first-order chi connectivity index (χ1) is 9.92. The molecule has 0 radical (unpaired) electrons. The minimum absolute atomic E-state index is 0.728. The quantitative estimate of drug-likeness (QED) is 0.688. The molecule has 0 aliphatic rings. The standard InChI is InChI=1S/C14H15N5O/c1-7-17-19(9-1)13-4-2-12(3-5-13)10-15-8-6-14-16-11-20-18-14/h1-5,7,9,11,15H,6,8,10H2. The predicted molar refractivity (Wildman–Crippen MR) is 73.3 cm³/mol. The van der Waals surface area contributed by atoms with Gasteiger partial charge in [-0.05, 0) is 23.8 Å². The second kappa shape index (κ2) is 6.12. The van der Waals surface area contributed by atoms with Crippen molar-refractivity contribution in [3.63, 3.8) is 0 Å². The number of nitrogens with zero attached hydrogens (tertiary/aromatic N) is 4. The second-order valence-corrected chi connectivity index (χ2v) is 4.39. The van der Waals surface area contributed by atoms with E-state index in [-0.39, 0.29) is 0 Å². The molecule has 3 rings (SSSR count). The molecule has 20 heavy (non-hydrogen) atoms. The summed E-state index contributed by atoms with van der Waals surface area (Å²) in [5, 5.41) is 11.3. The molecular weight excluding hydrogens is 254 g/mol. The monoisotopic (exact) mass is 269 g/mol. The summed E-state index contributed by atoms with van der Waals surface area (Å²) in [4.78, 5) is 3.97. The van der Waals surface area contributed by atoms with Crippen molar-refractivity contribution in [1.29, 1.82) is 0 Å². The van der Waals surface area contributed by atoms with E-state index < -0.39 is 0 Å². The Hall–Kier alpha value is -2.47. The van der Waals surface area contributed by atoms with Gasteiger partial charge in [-0.2, -0.15) is 10.1 Å². The number of hydrogen-bond donors (Lipinski definition) is 1. The molecule has 0 spiro atoms. The Morgan fingerprint density at radius 3 is 2.80 bits per heavy atom. The van der Waals surface area contributed by atoms with Gasteiger partial charge in [-0.15, -0.1) is 0 Å². The van der Waals surface area contributed by atoms with Gasteiger partial charge in [-0.25, -0.2) is 4.68 Å². The molecule has 6 heteroatoms. The van der Waals surface area contributed by atoms with Crippen LogP contribution in [-0.4, -0.2) is 26.5 Å². The first kappa shape index (κ1) is 12.6. The molecular formula is C14H15N5O. The van der Waals surface area contributed by atoms with Gasteiger partial charge in [0.05, 0.1) is 5.69 Å². The summed E-state index contributed by atoms with van der Waals surface area (Å²) in [5.74, 6) is 0.728. The maximum atomic E-state index is 4.68. The second-order valence-electron chi connectivity index (χ2n) is 4.39. The van der Waals surface area contributed by atoms with Crippen molar-refractivity contribution in [3.05, 3.63) is 60.5 Å². The van der Waals surface area contributed by atoms with Crippen molar-refractivity contribution in [3.8, 4) is 5.69 Å². The van der Waals surface area contributed by atoms with E-state index in [0.29, 0.717) is 0 Å². The molecule has 0 aliphatic carbocycles. The number of hydrogen-bond acceptors (Lipinski definition) is 5. The van der Waals surface area contributed by atoms with Crippen molar-refractivity contribution >= 4 is 0 Å². The molecule has 0 bridgehead atoms. The van der Waals surface area contributed by atoms with Gasteiger partial charge >= 0.3 is 0 Å². The lowest BCUT2D eigenvalue weighted by molar-refractivity contribution is 0.409. The molecule has 0 atom stereocenters. The lowest BCUT2D eigenvalue weighted by atomic mass is 10.2. The Balaban J connectivity index is 1.48. The first-order valence-electron chi connectivity index (χ1n) is 6.47. The summed E-state index contributed by atoms with van der Waals surface area (Å²) in [6.07, 6.45) is 5.82. The van der Waals surface area contributed by atoms with E-state index >= 15 is 0 Å². The smallest absolute Gasteiger partial charge is 0.213 e. The SMILES string of the molecule is c1cnn(-c2ccc(CNCCc3ncon3)cc2)c1. The van der Waals surface area contributed by atoms with E-state index in [1.807, 2.05) is 16.9 Å². The van der Waals surface area contributed by atoms with Gasteiger partial charge in [0.1, 0.15) is 0 Å². The molecule has 3 aromatic rings. The Morgan fingerprint density at radius 1 is 1.20 bits per heavy atom. The highest BCUT2D eigenvalue weighted by Crippen LogP contribution is 2.08. The van der Waals surface area contributed by atoms with E-state index in [9.17, 15) is 0 Å². The Labute approximate surface area is 116 Å². The Morgan fingerprint density at radius 2 is 2.10 bits per heavy atom. The zero-order chi connectivity index (χ0) is 13.6. The van der Waals surface area contributed by atoms with Crippen molar-refractivity contribution in [2.24, 2.45) is 0 Å². The number of benzene rings is 1. The molecule has 0 aliphatic heterocycles. The fourth-order valence-corrected chi connectivity index (χ4v) is 1.92. The van der Waals surface area contributed by atoms with Crippen molar-refractivity contribution in [2.45, 2.75) is 13.0 Å². The van der Waals surface area contributed by atoms with Crippen LogP contribution in [0.25, 0.3) is 5.69 Å². The zero-order valence-corrected chi connectivity index (χ0v) is 10.9. The molecule has 6 nitrogen and oxygen atoms in total. The van der Waals surface area contributed by atoms with Gasteiger partial charge in [0, 0.05) is 31.9 Å². The van der Waals surface area contributed by atoms with Gasteiger partial charge in [-0.1, -0.05) is 17.3 Å². The van der Waals surface area contributed by atoms with Crippen LogP contribution in [0.4, 0.5) is 0 Å². The zero-order valence-electron chi connectivity index (χ0n) is 10.9. The van der Waals surface area contributed by atoms with Crippen LogP contribution in [0.15, 0.2) is 53.6 Å². The van der Waals surface area contributed by atoms with Crippen LogP contribution in [0, 0.1) is 0 Å². The van der Waals surface area contributed by atoms with Gasteiger partial charge in [0.15, 0.2) is 5.82 Å². The molecule has 1 aromatic carbocycles. The summed E-state index contributed by atoms with van der Waals surface area (Å²) in [6, 6.07) is 10.2. The van der Waals surface area contributed by atoms with Gasteiger partial charge in [-0.3, -0.25) is 0 Å². The molecule has 2 aromatic heterocycles. The Kier molecular flexibility index (Phi) is 3.84. The summed E-state index contributed by atoms with van der Waals surface area (Å²) in [6.45, 7) is 1.64. The third kappa shape index (κ3) is 3.10. The van der Waals surface area contributed by atoms with E-state index in [2.05, 4.69) is 49.3 Å². The average molecular weight is 269 g/mol. The fourth-order valence-electron chi connectivity index (χ4n) is 1.92. The molecule has 0 amide bonds. The molecule has 0 saturated heterocycles. The summed E-state index contributed by atoms with van der Waals surface area (Å²) >= 11 is 0. The lowest BCUT2D eigenvalue weighted by Crippen LogP contribution is -2.17. The molecule has 0 fully saturated rings. The third-order valence-electron chi connectivity index (χ3n) is 2.97. The van der Waals surface area contributed by atoms with Crippen LogP contribution in [0.2, 0.25) is 0 Å². The van der Waals surface area contributed by atoms with Crippen molar-refractivity contribution < 1.29 is 4.52 Å². The van der Waals surface area contributed by atoms with Gasteiger partial charge in [0.25, 0.3) is 0 Å². The molecule has 2 heterocycles. The predicted octanol–water partition coefficient (Wildman–Crippen LogP) is 1.59. The molecule has 1 N–H and O–H groups in total. The highest BCUT2D eigenvalue weighted by atomic mass is 16.5. The van der Waals surface area contributed by atoms with E-state index in [1.54, 1.807) is 6.20 Å². The molecule has 0 unspecified atom stereocenters. The first-order valence-corrected chi connectivity index (χ1v) is 6.47. The van der Waals surface area contributed by atoms with E-state index in [1.165, 1.54) is 12.0 Å². The fraction of sp³-hybridized carbons (Fsp3) is 0.214. The summed E-state index contributed by atoms with van der Waals surface area (Å²) in [5.41, 5.74) is 2.29. The minimum Gasteiger partial charge on any atom is -0.343 e. The van der Waals surface area contributed by atoms with Crippen LogP contribution < -0.4 is 5.32 Å². The van der Waals surface area contributed by atoms with Crippen LogP contribution in [-0.2, 0) is 13.0 Å². The number of aromatic nitrogens is 4. The number of rotatable bonds is 6. The van der Waals surface area contributed by atoms with Gasteiger partial charge < -0.3 is 9.84 Å². The largest absolute Gasteiger partial charge is 0.343 e. The summed E-state index contributed by atoms with van der Waals surface area (Å²) < 4.78 is 6.52. The maximum absolute atomic E-state index is 4.68. The van der Waals surface area contributed by atoms with E-state index in [4.69, 9.17) is 0 Å². The normalized spacial score (nSPS) is 10.8. The molecule has 0 saturated carbocycles. The summed E-state index contributed by atoms with van der Waals surface area (Å²) in [7, 11) is 0. The lowest BCUT2D eigenvalue weighted by Gasteiger charge is -2.05. The van der Waals surface area contributed by atoms with Crippen LogP contribution in [0.1, 0.15) is 11.4 Å². The maximum Gasteiger partial charge on any atom is 0.213 e. The van der Waals surface area contributed by atoms with Crippen LogP contribution in [0.3, 0.4) is 0 Å². The highest BCUT2D eigenvalue weighted by Gasteiger charge is 1.99. The molecule has 102 valence electrons. The minimum atomic E-state index is 0.728. The topological polar surface area (TPSA) is 68.8 Å². The van der Waals surface area contributed by atoms with Crippen LogP contribution in [0.5, 0.6) is 0 Å². The highest BCUT2D eigenvalue weighted by molar-refractivity contribution is 5.33. The third-order valence-corrected chi connectivity index (χ3v) is 2.97. The number of nitrogens with one attached hydrogen (secondary N) is 1. The Bertz CT molecular complexity index is 616. The van der Waals surface area contributed by atoms with Crippen LogP contribution >= 0.6 is 0 Å². The van der Waals surface area contributed by atoms with Gasteiger partial charge in [0.2, 0.25) is 6.39 Å².